The highest BCUT2D eigenvalue weighted by molar-refractivity contribution is 7.99. The highest BCUT2D eigenvalue weighted by Gasteiger charge is 2.03. The Morgan fingerprint density at radius 3 is 2.88 bits per heavy atom. The van der Waals surface area contributed by atoms with Gasteiger partial charge in [-0.1, -0.05) is 19.1 Å². The van der Waals surface area contributed by atoms with Gasteiger partial charge in [-0.25, -0.2) is 4.79 Å². The highest BCUT2D eigenvalue weighted by atomic mass is 32.2. The maximum atomic E-state index is 10.8. The number of methoxy groups -OCH3 is 1. The quantitative estimate of drug-likeness (QED) is 0.624. The summed E-state index contributed by atoms with van der Waals surface area (Å²) in [6.07, 6.45) is 2.31. The number of carboxylic acid groups (broad SMARTS) is 1. The molecule has 0 radical (unpaired) electrons. The second-order valence-electron chi connectivity index (χ2n) is 3.38. The fraction of sp³-hybridized carbons (Fsp3) is 0.308. The van der Waals surface area contributed by atoms with Gasteiger partial charge in [-0.2, -0.15) is 0 Å². The lowest BCUT2D eigenvalue weighted by molar-refractivity contribution is -0.132. The van der Waals surface area contributed by atoms with E-state index in [-0.39, 0.29) is 0 Å². The average molecular weight is 252 g/mol. The molecule has 0 aliphatic heterocycles. The van der Waals surface area contributed by atoms with E-state index in [1.165, 1.54) is 0 Å². The van der Waals surface area contributed by atoms with Crippen LogP contribution >= 0.6 is 11.8 Å². The van der Waals surface area contributed by atoms with Crippen molar-refractivity contribution in [1.82, 2.24) is 0 Å². The van der Waals surface area contributed by atoms with Gasteiger partial charge in [0.15, 0.2) is 0 Å². The van der Waals surface area contributed by atoms with Crippen LogP contribution in [0.2, 0.25) is 0 Å². The molecule has 0 unspecified atom stereocenters. The van der Waals surface area contributed by atoms with Crippen molar-refractivity contribution in [1.29, 1.82) is 0 Å². The van der Waals surface area contributed by atoms with Gasteiger partial charge in [0, 0.05) is 16.2 Å². The van der Waals surface area contributed by atoms with Crippen LogP contribution in [0.15, 0.2) is 40.8 Å². The Hall–Kier alpha value is -1.42. The lowest BCUT2D eigenvalue weighted by Gasteiger charge is -2.03. The summed E-state index contributed by atoms with van der Waals surface area (Å²) in [7, 11) is 1.63. The second-order valence-corrected chi connectivity index (χ2v) is 4.47. The first-order valence-electron chi connectivity index (χ1n) is 5.36. The predicted octanol–water partition coefficient (Wildman–Crippen LogP) is 3.21. The highest BCUT2D eigenvalue weighted by Crippen LogP contribution is 2.23. The minimum absolute atomic E-state index is 0.459. The molecule has 1 aromatic carbocycles. The van der Waals surface area contributed by atoms with Crippen molar-refractivity contribution in [2.45, 2.75) is 18.2 Å². The molecule has 0 aliphatic carbocycles. The zero-order valence-electron chi connectivity index (χ0n) is 9.97. The largest absolute Gasteiger partial charge is 0.497 e. The number of ether oxygens (including phenoxy) is 1. The molecule has 0 aliphatic rings. The molecule has 1 N–H and O–H groups in total. The number of carboxylic acids is 1. The van der Waals surface area contributed by atoms with Gasteiger partial charge in [0.25, 0.3) is 0 Å². The molecule has 4 heteroatoms. The molecule has 3 nitrogen and oxygen atoms in total. The van der Waals surface area contributed by atoms with Gasteiger partial charge >= 0.3 is 5.97 Å². The Labute approximate surface area is 105 Å². The van der Waals surface area contributed by atoms with Crippen molar-refractivity contribution < 1.29 is 14.6 Å². The Bertz CT molecular complexity index is 413. The molecule has 0 heterocycles. The van der Waals surface area contributed by atoms with Crippen molar-refractivity contribution >= 4 is 17.7 Å². The summed E-state index contributed by atoms with van der Waals surface area (Å²) < 4.78 is 5.12. The topological polar surface area (TPSA) is 46.5 Å². The van der Waals surface area contributed by atoms with Crippen LogP contribution in [0.25, 0.3) is 0 Å². The van der Waals surface area contributed by atoms with E-state index in [0.29, 0.717) is 17.7 Å². The van der Waals surface area contributed by atoms with Crippen molar-refractivity contribution in [3.8, 4) is 5.75 Å². The van der Waals surface area contributed by atoms with Crippen molar-refractivity contribution in [3.63, 3.8) is 0 Å². The Balaban J connectivity index is 2.58. The molecule has 17 heavy (non-hydrogen) atoms. The monoisotopic (exact) mass is 252 g/mol. The number of hydrogen-bond acceptors (Lipinski definition) is 3. The summed E-state index contributed by atoms with van der Waals surface area (Å²) in [4.78, 5) is 11.8. The standard InChI is InChI=1S/C13H16O3S/c1-3-10(13(14)15)7-8-17-12-6-4-5-11(9-12)16-2/h4-7,9H,3,8H2,1-2H3,(H,14,15). The molecule has 0 bridgehead atoms. The van der Waals surface area contributed by atoms with Crippen LogP contribution < -0.4 is 4.74 Å². The van der Waals surface area contributed by atoms with E-state index in [1.807, 2.05) is 31.2 Å². The normalized spacial score (nSPS) is 11.3. The van der Waals surface area contributed by atoms with Crippen LogP contribution in [0, 0.1) is 0 Å². The summed E-state index contributed by atoms with van der Waals surface area (Å²) in [5.74, 6) is 0.634. The lowest BCUT2D eigenvalue weighted by Crippen LogP contribution is -1.99. The number of hydrogen-bond donors (Lipinski definition) is 1. The summed E-state index contributed by atoms with van der Waals surface area (Å²) in [6.45, 7) is 1.84. The van der Waals surface area contributed by atoms with Gasteiger partial charge in [0.1, 0.15) is 5.75 Å². The third kappa shape index (κ3) is 4.53. The van der Waals surface area contributed by atoms with Crippen LogP contribution in [-0.2, 0) is 4.79 Å². The zero-order valence-corrected chi connectivity index (χ0v) is 10.8. The maximum Gasteiger partial charge on any atom is 0.331 e. The fourth-order valence-electron chi connectivity index (χ4n) is 1.31. The summed E-state index contributed by atoms with van der Waals surface area (Å²) >= 11 is 1.59. The molecule has 92 valence electrons. The second kappa shape index (κ2) is 7.01. The van der Waals surface area contributed by atoms with Gasteiger partial charge in [0.2, 0.25) is 0 Å². The van der Waals surface area contributed by atoms with Crippen LogP contribution in [0.4, 0.5) is 0 Å². The van der Waals surface area contributed by atoms with Gasteiger partial charge in [0.05, 0.1) is 7.11 Å². The first-order chi connectivity index (χ1) is 8.17. The van der Waals surface area contributed by atoms with Crippen LogP contribution in [0.1, 0.15) is 13.3 Å². The molecule has 1 aromatic rings. The molecule has 0 amide bonds. The van der Waals surface area contributed by atoms with Crippen LogP contribution in [0.3, 0.4) is 0 Å². The first-order valence-corrected chi connectivity index (χ1v) is 6.35. The third-order valence-corrected chi connectivity index (χ3v) is 3.20. The minimum Gasteiger partial charge on any atom is -0.497 e. The number of rotatable bonds is 6. The van der Waals surface area contributed by atoms with Crippen molar-refractivity contribution in [2.24, 2.45) is 0 Å². The van der Waals surface area contributed by atoms with E-state index in [4.69, 9.17) is 9.84 Å². The number of aliphatic carboxylic acids is 1. The summed E-state index contributed by atoms with van der Waals surface area (Å²) in [5, 5.41) is 8.86. The SMILES string of the molecule is CCC(=CCSc1cccc(OC)c1)C(=O)O. The zero-order chi connectivity index (χ0) is 12.7. The van der Waals surface area contributed by atoms with E-state index >= 15 is 0 Å². The Kier molecular flexibility index (Phi) is 5.63. The Morgan fingerprint density at radius 2 is 2.29 bits per heavy atom. The van der Waals surface area contributed by atoms with Crippen LogP contribution in [0.5, 0.6) is 5.75 Å². The fourth-order valence-corrected chi connectivity index (χ4v) is 2.16. The molecule has 0 saturated heterocycles. The van der Waals surface area contributed by atoms with E-state index in [0.717, 1.165) is 10.6 Å². The van der Waals surface area contributed by atoms with Gasteiger partial charge in [-0.15, -0.1) is 11.8 Å². The molecule has 1 rings (SSSR count). The molecule has 0 fully saturated rings. The number of benzene rings is 1. The molecule has 0 aromatic heterocycles. The lowest BCUT2D eigenvalue weighted by atomic mass is 10.2. The van der Waals surface area contributed by atoms with E-state index < -0.39 is 5.97 Å². The minimum atomic E-state index is -0.834. The van der Waals surface area contributed by atoms with Gasteiger partial charge in [-0.3, -0.25) is 0 Å². The van der Waals surface area contributed by atoms with Gasteiger partial charge in [-0.05, 0) is 24.6 Å². The predicted molar refractivity (Wildman–Crippen MR) is 69.7 cm³/mol. The Morgan fingerprint density at radius 1 is 1.53 bits per heavy atom. The number of carbonyl (C=O) groups is 1. The summed E-state index contributed by atoms with van der Waals surface area (Å²) in [6, 6.07) is 7.72. The molecule has 0 spiro atoms. The average Bonchev–Trinajstić information content (AvgIpc) is 2.34. The molecule has 0 atom stereocenters. The van der Waals surface area contributed by atoms with Crippen LogP contribution in [-0.4, -0.2) is 23.9 Å². The first kappa shape index (κ1) is 13.6. The summed E-state index contributed by atoms with van der Waals surface area (Å²) in [5.41, 5.74) is 0.459. The molecular formula is C13H16O3S. The maximum absolute atomic E-state index is 10.8. The molecular weight excluding hydrogens is 236 g/mol. The number of thioether (sulfide) groups is 1. The van der Waals surface area contributed by atoms with E-state index in [9.17, 15) is 4.79 Å². The third-order valence-electron chi connectivity index (χ3n) is 2.28. The molecule has 0 saturated carbocycles. The smallest absolute Gasteiger partial charge is 0.331 e. The van der Waals surface area contributed by atoms with E-state index in [1.54, 1.807) is 24.9 Å². The van der Waals surface area contributed by atoms with Gasteiger partial charge < -0.3 is 9.84 Å². The van der Waals surface area contributed by atoms with Crippen molar-refractivity contribution in [2.75, 3.05) is 12.9 Å². The van der Waals surface area contributed by atoms with E-state index in [2.05, 4.69) is 0 Å². The van der Waals surface area contributed by atoms with Crippen molar-refractivity contribution in [3.05, 3.63) is 35.9 Å².